The summed E-state index contributed by atoms with van der Waals surface area (Å²) in [5, 5.41) is 43.8. The summed E-state index contributed by atoms with van der Waals surface area (Å²) < 4.78 is 4.94. The second-order valence-electron chi connectivity index (χ2n) is 8.91. The van der Waals surface area contributed by atoms with Crippen molar-refractivity contribution in [2.24, 2.45) is 17.6 Å². The van der Waals surface area contributed by atoms with Crippen LogP contribution in [0, 0.1) is 11.8 Å². The average Bonchev–Trinajstić information content (AvgIpc) is 2.75. The van der Waals surface area contributed by atoms with Crippen molar-refractivity contribution >= 4 is 29.2 Å². The fourth-order valence-electron chi connectivity index (χ4n) is 5.65. The van der Waals surface area contributed by atoms with Crippen molar-refractivity contribution in [2.45, 2.75) is 24.0 Å². The van der Waals surface area contributed by atoms with Crippen molar-refractivity contribution in [2.75, 3.05) is 21.2 Å². The number of esters is 1. The molecule has 4 rings (SSSR count). The first-order valence-electron chi connectivity index (χ1n) is 10.4. The number of aliphatic hydroxyl groups is 3. The Morgan fingerprint density at radius 2 is 1.82 bits per heavy atom. The van der Waals surface area contributed by atoms with Crippen molar-refractivity contribution in [3.63, 3.8) is 0 Å². The summed E-state index contributed by atoms with van der Waals surface area (Å²) in [6, 6.07) is 2.95. The van der Waals surface area contributed by atoms with Gasteiger partial charge in [0.05, 0.1) is 24.6 Å². The smallest absolute Gasteiger partial charge is 0.313 e. The molecule has 0 spiro atoms. The number of benzene rings is 1. The zero-order valence-corrected chi connectivity index (χ0v) is 18.6. The van der Waals surface area contributed by atoms with Gasteiger partial charge in [0.25, 0.3) is 5.91 Å². The highest BCUT2D eigenvalue weighted by Crippen LogP contribution is 2.56. The van der Waals surface area contributed by atoms with Crippen LogP contribution in [0.2, 0.25) is 0 Å². The maximum Gasteiger partial charge on any atom is 0.313 e. The number of nitrogens with zero attached hydrogens (tertiary/aromatic N) is 1. The number of primary amides is 1. The number of hydrogen-bond donors (Lipinski definition) is 5. The number of ketones is 2. The topological polar surface area (TPSA) is 188 Å². The van der Waals surface area contributed by atoms with Gasteiger partial charge in [0.1, 0.15) is 22.8 Å². The molecule has 3 aliphatic rings. The molecule has 1 fully saturated rings. The molecule has 6 N–H and O–H groups in total. The number of fused-ring (bicyclic) bond motifs is 3. The largest absolute Gasteiger partial charge is 0.508 e. The first-order chi connectivity index (χ1) is 15.9. The van der Waals surface area contributed by atoms with Crippen LogP contribution in [0.3, 0.4) is 0 Å². The Kier molecular flexibility index (Phi) is 5.29. The normalized spacial score (nSPS) is 30.6. The minimum atomic E-state index is -2.78. The van der Waals surface area contributed by atoms with Crippen molar-refractivity contribution < 1.29 is 44.3 Å². The molecule has 11 heteroatoms. The van der Waals surface area contributed by atoms with E-state index >= 15 is 0 Å². The van der Waals surface area contributed by atoms with Crippen LogP contribution in [0.4, 0.5) is 0 Å². The van der Waals surface area contributed by atoms with Crippen molar-refractivity contribution in [1.82, 2.24) is 4.90 Å². The number of amides is 1. The van der Waals surface area contributed by atoms with Crippen LogP contribution in [0.1, 0.15) is 23.5 Å². The van der Waals surface area contributed by atoms with Crippen LogP contribution in [-0.2, 0) is 23.9 Å². The van der Waals surface area contributed by atoms with Crippen LogP contribution in [-0.4, -0.2) is 81.6 Å². The molecule has 34 heavy (non-hydrogen) atoms. The molecular formula is C23H24N2O9. The van der Waals surface area contributed by atoms with Crippen LogP contribution >= 0.6 is 0 Å². The van der Waals surface area contributed by atoms with Crippen LogP contribution in [0.5, 0.6) is 5.75 Å². The third kappa shape index (κ3) is 2.83. The Hall–Kier alpha value is -3.70. The summed E-state index contributed by atoms with van der Waals surface area (Å²) in [4.78, 5) is 53.1. The second kappa shape index (κ2) is 7.67. The Balaban J connectivity index is 2.05. The molecule has 5 atom stereocenters. The number of phenols is 1. The van der Waals surface area contributed by atoms with E-state index < -0.39 is 81.3 Å². The maximum atomic E-state index is 13.8. The lowest BCUT2D eigenvalue weighted by Crippen LogP contribution is -2.66. The standard InChI is InChI=1S/C23H24N2O9/c1-25(2)16-10-7-9-12(22(32)34-3)8-5-4-6-11(26)13(8)17(27)14(9)19(29)23(10,33)20(30)15(18(16)28)21(24)31/h4-6,9-10,12,16,26-27,30,33H,7H2,1-3H3,(H2,24,31)/t9-,10+,12-,16+,23+/m1/s1. The lowest BCUT2D eigenvalue weighted by Gasteiger charge is -2.51. The minimum absolute atomic E-state index is 0.186. The van der Waals surface area contributed by atoms with E-state index in [1.165, 1.54) is 37.2 Å². The van der Waals surface area contributed by atoms with Crippen LogP contribution < -0.4 is 5.73 Å². The Morgan fingerprint density at radius 3 is 2.38 bits per heavy atom. The molecular weight excluding hydrogens is 448 g/mol. The minimum Gasteiger partial charge on any atom is -0.508 e. The number of nitrogens with two attached hydrogens (primary N) is 1. The third-order valence-electron chi connectivity index (χ3n) is 7.06. The molecule has 1 saturated carbocycles. The van der Waals surface area contributed by atoms with E-state index in [0.717, 1.165) is 7.11 Å². The fraction of sp³-hybridized carbons (Fsp3) is 0.391. The van der Waals surface area contributed by atoms with Crippen LogP contribution in [0.25, 0.3) is 5.76 Å². The molecule has 0 bridgehead atoms. The van der Waals surface area contributed by atoms with Gasteiger partial charge in [-0.05, 0) is 32.1 Å². The Morgan fingerprint density at radius 1 is 1.18 bits per heavy atom. The summed E-state index contributed by atoms with van der Waals surface area (Å²) in [5.41, 5.74) is 1.19. The summed E-state index contributed by atoms with van der Waals surface area (Å²) >= 11 is 0. The highest BCUT2D eigenvalue weighted by Gasteiger charge is 2.65. The van der Waals surface area contributed by atoms with Gasteiger partial charge in [-0.2, -0.15) is 0 Å². The van der Waals surface area contributed by atoms with Gasteiger partial charge >= 0.3 is 5.97 Å². The van der Waals surface area contributed by atoms with Gasteiger partial charge in [-0.15, -0.1) is 0 Å². The van der Waals surface area contributed by atoms with Gasteiger partial charge in [-0.25, -0.2) is 0 Å². The first-order valence-corrected chi connectivity index (χ1v) is 10.4. The van der Waals surface area contributed by atoms with E-state index in [1.807, 2.05) is 0 Å². The number of ether oxygens (including phenoxy) is 1. The Labute approximate surface area is 193 Å². The Bertz CT molecular complexity index is 1210. The zero-order chi connectivity index (χ0) is 25.3. The van der Waals surface area contributed by atoms with Crippen molar-refractivity contribution in [3.05, 3.63) is 46.2 Å². The molecule has 1 amide bonds. The zero-order valence-electron chi connectivity index (χ0n) is 18.6. The van der Waals surface area contributed by atoms with E-state index in [4.69, 9.17) is 10.5 Å². The number of hydrogen-bond acceptors (Lipinski definition) is 10. The summed E-state index contributed by atoms with van der Waals surface area (Å²) in [6.45, 7) is 0. The number of Topliss-reactive ketones (excluding diaryl/α,β-unsaturated/α-hetero) is 2. The highest BCUT2D eigenvalue weighted by atomic mass is 16.5. The van der Waals surface area contributed by atoms with E-state index in [0.29, 0.717) is 0 Å². The predicted octanol–water partition coefficient (Wildman–Crippen LogP) is -0.322. The lowest BCUT2D eigenvalue weighted by atomic mass is 9.55. The third-order valence-corrected chi connectivity index (χ3v) is 7.06. The lowest BCUT2D eigenvalue weighted by molar-refractivity contribution is -0.155. The van der Waals surface area contributed by atoms with Crippen molar-refractivity contribution in [3.8, 4) is 5.75 Å². The van der Waals surface area contributed by atoms with E-state index in [-0.39, 0.29) is 17.5 Å². The summed E-state index contributed by atoms with van der Waals surface area (Å²) in [7, 11) is 4.12. The number of carbonyl (C=O) groups excluding carboxylic acids is 4. The van der Waals surface area contributed by atoms with Gasteiger partial charge in [0.2, 0.25) is 5.78 Å². The second-order valence-corrected chi connectivity index (χ2v) is 8.91. The maximum absolute atomic E-state index is 13.8. The van der Waals surface area contributed by atoms with Gasteiger partial charge in [-0.1, -0.05) is 12.1 Å². The first kappa shape index (κ1) is 23.5. The summed E-state index contributed by atoms with van der Waals surface area (Å²) in [5.74, 6) is -9.98. The molecule has 0 unspecified atom stereocenters. The summed E-state index contributed by atoms with van der Waals surface area (Å²) in [6.07, 6.45) is -0.221. The van der Waals surface area contributed by atoms with E-state index in [2.05, 4.69) is 0 Å². The molecule has 1 aromatic carbocycles. The van der Waals surface area contributed by atoms with E-state index in [1.54, 1.807) is 0 Å². The van der Waals surface area contributed by atoms with Gasteiger partial charge in [0.15, 0.2) is 11.4 Å². The van der Waals surface area contributed by atoms with Crippen LogP contribution in [0.15, 0.2) is 35.1 Å². The van der Waals surface area contributed by atoms with Gasteiger partial charge in [0, 0.05) is 17.4 Å². The van der Waals surface area contributed by atoms with Gasteiger partial charge in [-0.3, -0.25) is 24.1 Å². The number of aliphatic hydroxyl groups excluding tert-OH is 2. The molecule has 0 saturated heterocycles. The highest BCUT2D eigenvalue weighted by molar-refractivity contribution is 6.24. The molecule has 3 aliphatic carbocycles. The molecule has 1 aromatic rings. The number of methoxy groups -OCH3 is 1. The number of rotatable bonds is 3. The predicted molar refractivity (Wildman–Crippen MR) is 115 cm³/mol. The monoisotopic (exact) mass is 472 g/mol. The quantitative estimate of drug-likeness (QED) is 0.288. The SMILES string of the molecule is COC(=O)[C@@H]1c2cccc(O)c2C(O)=C2C(=O)[C@]3(O)C(O)=C(C(N)=O)C(=O)[C@@H](N(C)C)[C@@H]3C[C@@H]21. The molecule has 0 aromatic heterocycles. The van der Waals surface area contributed by atoms with Gasteiger partial charge < -0.3 is 30.9 Å². The average molecular weight is 472 g/mol. The fourth-order valence-corrected chi connectivity index (χ4v) is 5.65. The molecule has 0 radical (unpaired) electrons. The van der Waals surface area contributed by atoms with Crippen molar-refractivity contribution in [1.29, 1.82) is 0 Å². The number of aromatic hydroxyl groups is 1. The van der Waals surface area contributed by atoms with E-state index in [9.17, 15) is 39.6 Å². The molecule has 0 heterocycles. The molecule has 11 nitrogen and oxygen atoms in total. The number of phenolic OH excluding ortho intramolecular Hbond substituents is 1. The molecule has 0 aliphatic heterocycles. The number of likely N-dealkylation sites (N-methyl/N-ethyl adjacent to an activating group) is 1. The number of carbonyl (C=O) groups is 4. The molecule has 180 valence electrons.